The topological polar surface area (TPSA) is 43.8 Å². The lowest BCUT2D eigenvalue weighted by Gasteiger charge is -1.98. The van der Waals surface area contributed by atoms with Crippen molar-refractivity contribution in [1.29, 1.82) is 0 Å². The Morgan fingerprint density at radius 3 is 2.47 bits per heavy atom. The van der Waals surface area contributed by atoms with Crippen LogP contribution < -0.4 is 5.73 Å². The second-order valence-electron chi connectivity index (χ2n) is 4.20. The first-order chi connectivity index (χ1) is 7.24. The molecular formula is C12H23N3. The average molecular weight is 209 g/mol. The summed E-state index contributed by atoms with van der Waals surface area (Å²) >= 11 is 0. The lowest BCUT2D eigenvalue weighted by molar-refractivity contribution is 0.601. The Morgan fingerprint density at radius 1 is 1.20 bits per heavy atom. The number of unbranched alkanes of at least 4 members (excludes halogenated alkanes) is 5. The molecular weight excluding hydrogens is 186 g/mol. The molecule has 0 radical (unpaired) electrons. The summed E-state index contributed by atoms with van der Waals surface area (Å²) in [5, 5.41) is 4.34. The first kappa shape index (κ1) is 12.1. The molecule has 0 saturated carbocycles. The maximum atomic E-state index is 5.71. The third-order valence-electron chi connectivity index (χ3n) is 2.75. The molecule has 0 aliphatic heterocycles. The van der Waals surface area contributed by atoms with Gasteiger partial charge in [0.25, 0.3) is 0 Å². The second kappa shape index (κ2) is 6.49. The van der Waals surface area contributed by atoms with Crippen LogP contribution in [0.15, 0.2) is 6.07 Å². The molecule has 2 N–H and O–H groups in total. The van der Waals surface area contributed by atoms with Crippen molar-refractivity contribution < 1.29 is 0 Å². The van der Waals surface area contributed by atoms with Crippen molar-refractivity contribution in [2.75, 3.05) is 5.73 Å². The smallest absolute Gasteiger partial charge is 0.121 e. The van der Waals surface area contributed by atoms with Crippen molar-refractivity contribution in [1.82, 2.24) is 9.78 Å². The first-order valence-electron chi connectivity index (χ1n) is 6.02. The Morgan fingerprint density at radius 2 is 1.87 bits per heavy atom. The minimum Gasteiger partial charge on any atom is -0.384 e. The molecule has 0 spiro atoms. The van der Waals surface area contributed by atoms with Crippen molar-refractivity contribution in [2.24, 2.45) is 7.05 Å². The van der Waals surface area contributed by atoms with Gasteiger partial charge in [-0.1, -0.05) is 39.0 Å². The van der Waals surface area contributed by atoms with Crippen LogP contribution in [-0.2, 0) is 13.5 Å². The van der Waals surface area contributed by atoms with Crippen LogP contribution in [0.1, 0.15) is 51.1 Å². The van der Waals surface area contributed by atoms with E-state index in [1.54, 1.807) is 4.68 Å². The van der Waals surface area contributed by atoms with E-state index in [9.17, 15) is 0 Å². The van der Waals surface area contributed by atoms with Gasteiger partial charge in [-0.25, -0.2) is 0 Å². The number of nitrogens with zero attached hydrogens (tertiary/aromatic N) is 2. The van der Waals surface area contributed by atoms with E-state index in [0.717, 1.165) is 17.9 Å². The van der Waals surface area contributed by atoms with Crippen molar-refractivity contribution >= 4 is 5.82 Å². The van der Waals surface area contributed by atoms with Crippen LogP contribution in [0.4, 0.5) is 5.82 Å². The van der Waals surface area contributed by atoms with Gasteiger partial charge in [-0.05, 0) is 12.8 Å². The van der Waals surface area contributed by atoms with Gasteiger partial charge < -0.3 is 5.73 Å². The maximum absolute atomic E-state index is 5.71. The molecule has 3 nitrogen and oxygen atoms in total. The van der Waals surface area contributed by atoms with E-state index in [1.807, 2.05) is 13.1 Å². The minimum absolute atomic E-state index is 0.760. The molecule has 0 unspecified atom stereocenters. The van der Waals surface area contributed by atoms with Crippen LogP contribution in [0.25, 0.3) is 0 Å². The fourth-order valence-corrected chi connectivity index (χ4v) is 1.75. The summed E-state index contributed by atoms with van der Waals surface area (Å²) < 4.78 is 1.74. The Bertz CT molecular complexity index is 259. The van der Waals surface area contributed by atoms with E-state index in [1.165, 1.54) is 38.5 Å². The van der Waals surface area contributed by atoms with Gasteiger partial charge in [0.15, 0.2) is 0 Å². The van der Waals surface area contributed by atoms with Crippen LogP contribution in [0.2, 0.25) is 0 Å². The Labute approximate surface area is 92.7 Å². The Kier molecular flexibility index (Phi) is 5.22. The van der Waals surface area contributed by atoms with Gasteiger partial charge >= 0.3 is 0 Å². The Balaban J connectivity index is 2.10. The zero-order chi connectivity index (χ0) is 11.1. The predicted molar refractivity (Wildman–Crippen MR) is 64.7 cm³/mol. The third-order valence-corrected chi connectivity index (χ3v) is 2.75. The van der Waals surface area contributed by atoms with Crippen molar-refractivity contribution in [3.05, 3.63) is 11.8 Å². The molecule has 3 heteroatoms. The summed E-state index contributed by atoms with van der Waals surface area (Å²) in [6.07, 6.45) is 9.04. The molecule has 0 amide bonds. The molecule has 1 rings (SSSR count). The molecule has 0 bridgehead atoms. The van der Waals surface area contributed by atoms with E-state index < -0.39 is 0 Å². The number of nitrogens with two attached hydrogens (primary N) is 1. The van der Waals surface area contributed by atoms with Crippen LogP contribution in [0.5, 0.6) is 0 Å². The van der Waals surface area contributed by atoms with Gasteiger partial charge in [0.2, 0.25) is 0 Å². The number of hydrogen-bond donors (Lipinski definition) is 1. The normalized spacial score (nSPS) is 10.8. The molecule has 15 heavy (non-hydrogen) atoms. The Hall–Kier alpha value is -0.990. The highest BCUT2D eigenvalue weighted by atomic mass is 15.3. The highest BCUT2D eigenvalue weighted by Gasteiger charge is 2.00. The lowest BCUT2D eigenvalue weighted by atomic mass is 10.1. The van der Waals surface area contributed by atoms with Crippen LogP contribution >= 0.6 is 0 Å². The number of anilines is 1. The molecule has 0 fully saturated rings. The fraction of sp³-hybridized carbons (Fsp3) is 0.750. The van der Waals surface area contributed by atoms with E-state index in [2.05, 4.69) is 12.0 Å². The summed E-state index contributed by atoms with van der Waals surface area (Å²) in [7, 11) is 1.89. The van der Waals surface area contributed by atoms with E-state index in [4.69, 9.17) is 5.73 Å². The van der Waals surface area contributed by atoms with Gasteiger partial charge in [0, 0.05) is 13.1 Å². The SMILES string of the molecule is CCCCCCCCc1cc(N)n(C)n1. The summed E-state index contributed by atoms with van der Waals surface area (Å²) in [5.74, 6) is 0.760. The van der Waals surface area contributed by atoms with Gasteiger partial charge in [0.05, 0.1) is 5.69 Å². The van der Waals surface area contributed by atoms with Gasteiger partial charge in [0.1, 0.15) is 5.82 Å². The van der Waals surface area contributed by atoms with Gasteiger partial charge in [-0.15, -0.1) is 0 Å². The largest absolute Gasteiger partial charge is 0.384 e. The van der Waals surface area contributed by atoms with Crippen molar-refractivity contribution in [3.63, 3.8) is 0 Å². The maximum Gasteiger partial charge on any atom is 0.121 e. The highest BCUT2D eigenvalue weighted by molar-refractivity contribution is 5.30. The minimum atomic E-state index is 0.760. The molecule has 0 aliphatic carbocycles. The number of aromatic nitrogens is 2. The predicted octanol–water partition coefficient (Wildman–Crippen LogP) is 2.91. The molecule has 1 aromatic rings. The second-order valence-corrected chi connectivity index (χ2v) is 4.20. The third kappa shape index (κ3) is 4.36. The van der Waals surface area contributed by atoms with Gasteiger partial charge in [-0.3, -0.25) is 4.68 Å². The lowest BCUT2D eigenvalue weighted by Crippen LogP contribution is -1.97. The van der Waals surface area contributed by atoms with Crippen LogP contribution in [0, 0.1) is 0 Å². The summed E-state index contributed by atoms with van der Waals surface area (Å²) in [5.41, 5.74) is 6.84. The molecule has 0 saturated heterocycles. The van der Waals surface area contributed by atoms with E-state index >= 15 is 0 Å². The molecule has 86 valence electrons. The summed E-state index contributed by atoms with van der Waals surface area (Å²) in [6, 6.07) is 1.98. The van der Waals surface area contributed by atoms with Crippen LogP contribution in [-0.4, -0.2) is 9.78 Å². The summed E-state index contributed by atoms with van der Waals surface area (Å²) in [4.78, 5) is 0. The van der Waals surface area contributed by atoms with Gasteiger partial charge in [-0.2, -0.15) is 5.10 Å². The number of rotatable bonds is 7. The standard InChI is InChI=1S/C12H23N3/c1-3-4-5-6-7-8-9-11-10-12(13)15(2)14-11/h10H,3-9,13H2,1-2H3. The molecule has 0 aliphatic rings. The monoisotopic (exact) mass is 209 g/mol. The van der Waals surface area contributed by atoms with Crippen molar-refractivity contribution in [2.45, 2.75) is 51.9 Å². The zero-order valence-electron chi connectivity index (χ0n) is 10.00. The highest BCUT2D eigenvalue weighted by Crippen LogP contribution is 2.10. The molecule has 1 aromatic heterocycles. The first-order valence-corrected chi connectivity index (χ1v) is 6.02. The van der Waals surface area contributed by atoms with E-state index in [-0.39, 0.29) is 0 Å². The number of aryl methyl sites for hydroxylation is 2. The van der Waals surface area contributed by atoms with Crippen LogP contribution in [0.3, 0.4) is 0 Å². The number of hydrogen-bond acceptors (Lipinski definition) is 2. The fourth-order valence-electron chi connectivity index (χ4n) is 1.75. The molecule has 1 heterocycles. The summed E-state index contributed by atoms with van der Waals surface area (Å²) in [6.45, 7) is 2.25. The number of nitrogen functional groups attached to an aromatic ring is 1. The van der Waals surface area contributed by atoms with E-state index in [0.29, 0.717) is 0 Å². The quantitative estimate of drug-likeness (QED) is 0.702. The molecule has 0 aromatic carbocycles. The van der Waals surface area contributed by atoms with Crippen molar-refractivity contribution in [3.8, 4) is 0 Å². The average Bonchev–Trinajstić information content (AvgIpc) is 2.52. The molecule has 0 atom stereocenters. The zero-order valence-corrected chi connectivity index (χ0v) is 10.00.